The topological polar surface area (TPSA) is 45.2 Å². The maximum atomic E-state index is 12.1. The third kappa shape index (κ3) is 3.32. The van der Waals surface area contributed by atoms with Crippen molar-refractivity contribution in [2.24, 2.45) is 0 Å². The molecule has 1 saturated carbocycles. The summed E-state index contributed by atoms with van der Waals surface area (Å²) in [5.74, 6) is -0.0279. The maximum Gasteiger partial charge on any atom is 0.252 e. The molecule has 1 aromatic heterocycles. The number of nitrogens with one attached hydrogen (secondary N) is 1. The van der Waals surface area contributed by atoms with Gasteiger partial charge in [-0.1, -0.05) is 19.3 Å². The first-order chi connectivity index (χ1) is 9.14. The van der Waals surface area contributed by atoms with E-state index in [2.05, 4.69) is 29.3 Å². The van der Waals surface area contributed by atoms with Gasteiger partial charge in [0.2, 0.25) is 0 Å². The van der Waals surface area contributed by atoms with Gasteiger partial charge >= 0.3 is 0 Å². The van der Waals surface area contributed by atoms with Crippen LogP contribution in [0.3, 0.4) is 0 Å². The first-order valence-electron chi connectivity index (χ1n) is 7.00. The first kappa shape index (κ1) is 14.0. The molecule has 0 atom stereocenters. The molecule has 2 rings (SSSR count). The molecule has 1 fully saturated rings. The highest BCUT2D eigenvalue weighted by molar-refractivity contribution is 5.93. The number of hydrogen-bond donors (Lipinski definition) is 1. The Labute approximate surface area is 115 Å². The Balaban J connectivity index is 1.98. The van der Waals surface area contributed by atoms with Gasteiger partial charge in [0.05, 0.1) is 5.56 Å². The van der Waals surface area contributed by atoms with Crippen molar-refractivity contribution in [3.8, 4) is 0 Å². The normalized spacial score (nSPS) is 18.3. The zero-order chi connectivity index (χ0) is 13.7. The molecule has 4 nitrogen and oxygen atoms in total. The molecule has 0 unspecified atom stereocenters. The fourth-order valence-electron chi connectivity index (χ4n) is 2.84. The third-order valence-electron chi connectivity index (χ3n) is 4.23. The van der Waals surface area contributed by atoms with Crippen LogP contribution in [0.1, 0.15) is 42.5 Å². The Morgan fingerprint density at radius 3 is 2.68 bits per heavy atom. The number of nitrogens with zero attached hydrogens (tertiary/aromatic N) is 2. The summed E-state index contributed by atoms with van der Waals surface area (Å²) in [7, 11) is 4.23. The van der Waals surface area contributed by atoms with Crippen molar-refractivity contribution in [1.82, 2.24) is 15.2 Å². The van der Waals surface area contributed by atoms with Crippen LogP contribution in [0, 0.1) is 0 Å². The second-order valence-electron chi connectivity index (χ2n) is 5.60. The van der Waals surface area contributed by atoms with Gasteiger partial charge in [0.25, 0.3) is 5.91 Å². The summed E-state index contributed by atoms with van der Waals surface area (Å²) in [6, 6.07) is 3.59. The quantitative estimate of drug-likeness (QED) is 0.902. The molecule has 1 aliphatic rings. The van der Waals surface area contributed by atoms with Crippen LogP contribution < -0.4 is 5.32 Å². The number of hydrogen-bond acceptors (Lipinski definition) is 3. The fourth-order valence-corrected chi connectivity index (χ4v) is 2.84. The second kappa shape index (κ2) is 6.15. The lowest BCUT2D eigenvalue weighted by molar-refractivity contribution is 0.0799. The number of pyridine rings is 1. The summed E-state index contributed by atoms with van der Waals surface area (Å²) in [6.07, 6.45) is 9.42. The molecular weight excluding hydrogens is 238 g/mol. The third-order valence-corrected chi connectivity index (χ3v) is 4.23. The van der Waals surface area contributed by atoms with Crippen molar-refractivity contribution in [2.45, 2.75) is 37.6 Å². The zero-order valence-corrected chi connectivity index (χ0v) is 11.9. The minimum absolute atomic E-state index is 0.0279. The molecule has 1 amide bonds. The first-order valence-corrected chi connectivity index (χ1v) is 7.00. The van der Waals surface area contributed by atoms with Gasteiger partial charge in [-0.15, -0.1) is 0 Å². The van der Waals surface area contributed by atoms with Crippen LogP contribution in [0.4, 0.5) is 0 Å². The average molecular weight is 261 g/mol. The van der Waals surface area contributed by atoms with Crippen LogP contribution in [-0.4, -0.2) is 42.0 Å². The van der Waals surface area contributed by atoms with E-state index < -0.39 is 0 Å². The Morgan fingerprint density at radius 2 is 2.11 bits per heavy atom. The summed E-state index contributed by atoms with van der Waals surface area (Å²) in [4.78, 5) is 18.3. The van der Waals surface area contributed by atoms with Gasteiger partial charge in [-0.25, -0.2) is 0 Å². The highest BCUT2D eigenvalue weighted by Gasteiger charge is 2.34. The molecule has 0 aliphatic heterocycles. The SMILES string of the molecule is CN(C)C1(CNC(=O)c2cccnc2)CCCCC1. The predicted molar refractivity (Wildman–Crippen MR) is 76.1 cm³/mol. The standard InChI is InChI=1S/C15H23N3O/c1-18(2)15(8-4-3-5-9-15)12-17-14(19)13-7-6-10-16-11-13/h6-7,10-11H,3-5,8-9,12H2,1-2H3,(H,17,19). The van der Waals surface area contributed by atoms with Crippen LogP contribution in [0.25, 0.3) is 0 Å². The van der Waals surface area contributed by atoms with Gasteiger partial charge in [-0.05, 0) is 39.1 Å². The minimum Gasteiger partial charge on any atom is -0.350 e. The number of carbonyl (C=O) groups is 1. The van der Waals surface area contributed by atoms with Crippen LogP contribution in [-0.2, 0) is 0 Å². The van der Waals surface area contributed by atoms with E-state index in [1.807, 2.05) is 0 Å². The van der Waals surface area contributed by atoms with E-state index in [4.69, 9.17) is 0 Å². The number of rotatable bonds is 4. The monoisotopic (exact) mass is 261 g/mol. The molecule has 19 heavy (non-hydrogen) atoms. The zero-order valence-electron chi connectivity index (χ0n) is 11.9. The van der Waals surface area contributed by atoms with Crippen molar-refractivity contribution in [3.05, 3.63) is 30.1 Å². The van der Waals surface area contributed by atoms with Crippen LogP contribution >= 0.6 is 0 Å². The molecule has 104 valence electrons. The molecule has 0 aromatic carbocycles. The van der Waals surface area contributed by atoms with Crippen LogP contribution in [0.2, 0.25) is 0 Å². The lowest BCUT2D eigenvalue weighted by Gasteiger charge is -2.43. The van der Waals surface area contributed by atoms with Crippen molar-refractivity contribution in [3.63, 3.8) is 0 Å². The molecule has 1 heterocycles. The lowest BCUT2D eigenvalue weighted by atomic mass is 9.80. The fraction of sp³-hybridized carbons (Fsp3) is 0.600. The van der Waals surface area contributed by atoms with Crippen molar-refractivity contribution in [1.29, 1.82) is 0 Å². The number of amides is 1. The van der Waals surface area contributed by atoms with E-state index in [1.54, 1.807) is 24.5 Å². The van der Waals surface area contributed by atoms with E-state index in [0.29, 0.717) is 12.1 Å². The Bertz CT molecular complexity index is 411. The van der Waals surface area contributed by atoms with Crippen molar-refractivity contribution < 1.29 is 4.79 Å². The largest absolute Gasteiger partial charge is 0.350 e. The van der Waals surface area contributed by atoms with Gasteiger partial charge in [0.1, 0.15) is 0 Å². The van der Waals surface area contributed by atoms with Gasteiger partial charge in [0, 0.05) is 24.5 Å². The number of aromatic nitrogens is 1. The Hall–Kier alpha value is -1.42. The molecule has 0 spiro atoms. The molecular formula is C15H23N3O. The second-order valence-corrected chi connectivity index (χ2v) is 5.60. The van der Waals surface area contributed by atoms with Crippen LogP contribution in [0.5, 0.6) is 0 Å². The van der Waals surface area contributed by atoms with E-state index in [-0.39, 0.29) is 11.4 Å². The molecule has 1 aromatic rings. The Morgan fingerprint density at radius 1 is 1.37 bits per heavy atom. The maximum absolute atomic E-state index is 12.1. The summed E-state index contributed by atoms with van der Waals surface area (Å²) >= 11 is 0. The predicted octanol–water partition coefficient (Wildman–Crippen LogP) is 2.08. The summed E-state index contributed by atoms with van der Waals surface area (Å²) < 4.78 is 0. The van der Waals surface area contributed by atoms with Gasteiger partial charge in [-0.3, -0.25) is 9.78 Å². The highest BCUT2D eigenvalue weighted by atomic mass is 16.1. The van der Waals surface area contributed by atoms with Gasteiger partial charge in [0.15, 0.2) is 0 Å². The molecule has 1 N–H and O–H groups in total. The Kier molecular flexibility index (Phi) is 4.53. The van der Waals surface area contributed by atoms with Gasteiger partial charge in [-0.2, -0.15) is 0 Å². The van der Waals surface area contributed by atoms with Gasteiger partial charge < -0.3 is 10.2 Å². The number of likely N-dealkylation sites (N-methyl/N-ethyl adjacent to an activating group) is 1. The smallest absolute Gasteiger partial charge is 0.252 e. The molecule has 1 aliphatic carbocycles. The molecule has 0 radical (unpaired) electrons. The van der Waals surface area contributed by atoms with E-state index in [0.717, 1.165) is 12.8 Å². The van der Waals surface area contributed by atoms with Crippen molar-refractivity contribution >= 4 is 5.91 Å². The van der Waals surface area contributed by atoms with E-state index in [1.165, 1.54) is 19.3 Å². The lowest BCUT2D eigenvalue weighted by Crippen LogP contribution is -2.53. The van der Waals surface area contributed by atoms with E-state index >= 15 is 0 Å². The summed E-state index contributed by atoms with van der Waals surface area (Å²) in [5, 5.41) is 3.07. The summed E-state index contributed by atoms with van der Waals surface area (Å²) in [6.45, 7) is 0.716. The molecule has 0 bridgehead atoms. The number of carbonyl (C=O) groups excluding carboxylic acids is 1. The molecule has 4 heteroatoms. The summed E-state index contributed by atoms with van der Waals surface area (Å²) in [5.41, 5.74) is 0.753. The minimum atomic E-state index is -0.0279. The van der Waals surface area contributed by atoms with Crippen molar-refractivity contribution in [2.75, 3.05) is 20.6 Å². The molecule has 0 saturated heterocycles. The average Bonchev–Trinajstić information content (AvgIpc) is 2.46. The van der Waals surface area contributed by atoms with E-state index in [9.17, 15) is 4.79 Å². The van der Waals surface area contributed by atoms with Crippen LogP contribution in [0.15, 0.2) is 24.5 Å². The highest BCUT2D eigenvalue weighted by Crippen LogP contribution is 2.31.